The van der Waals surface area contributed by atoms with E-state index in [4.69, 9.17) is 19.2 Å². The number of amides is 1. The van der Waals surface area contributed by atoms with Gasteiger partial charge in [-0.25, -0.2) is 9.18 Å². The summed E-state index contributed by atoms with van der Waals surface area (Å²) in [6.45, 7) is 15.7. The third-order valence-electron chi connectivity index (χ3n) is 8.12. The number of piperidine rings is 2. The summed E-state index contributed by atoms with van der Waals surface area (Å²) in [4.78, 5) is 26.1. The van der Waals surface area contributed by atoms with Crippen LogP contribution in [0.25, 0.3) is 11.0 Å². The number of aromatic nitrogens is 5. The summed E-state index contributed by atoms with van der Waals surface area (Å²) in [6.07, 6.45) is 5.16. The van der Waals surface area contributed by atoms with E-state index >= 15 is 4.39 Å². The Labute approximate surface area is 266 Å². The standard InChI is InChI=1S/C31H49FN8O4Si/c1-31(2,3)44-30(41)38-15-11-25(32)26(20-38)43-28-24-10-14-39(21-42-16-17-45(5,6)7)27(24)35-29(36-28)34-22-18-33-40(19-22)23-8-12-37(4)13-9-23/h10,14,18-19,23,25-26H,8-9,11-13,15-17,20-21H2,1-7H3,(H,34,35,36)/t25-,26+/m1/s1. The van der Waals surface area contributed by atoms with Crippen LogP contribution in [0.2, 0.25) is 25.7 Å². The Bertz CT molecular complexity index is 1440. The van der Waals surface area contributed by atoms with E-state index in [1.165, 1.54) is 4.90 Å². The minimum absolute atomic E-state index is 0.0498. The highest BCUT2D eigenvalue weighted by atomic mass is 28.3. The fourth-order valence-electron chi connectivity index (χ4n) is 5.45. The average molecular weight is 645 g/mol. The molecule has 3 aromatic rings. The van der Waals surface area contributed by atoms with Crippen molar-refractivity contribution in [1.29, 1.82) is 0 Å². The number of nitrogens with one attached hydrogen (secondary N) is 1. The largest absolute Gasteiger partial charge is 0.469 e. The van der Waals surface area contributed by atoms with Crippen molar-refractivity contribution in [3.63, 3.8) is 0 Å². The van der Waals surface area contributed by atoms with E-state index in [0.29, 0.717) is 36.4 Å². The Kier molecular flexibility index (Phi) is 10.0. The van der Waals surface area contributed by atoms with Crippen molar-refractivity contribution < 1.29 is 23.4 Å². The third kappa shape index (κ3) is 8.94. The van der Waals surface area contributed by atoms with E-state index in [1.807, 2.05) is 48.5 Å². The Morgan fingerprint density at radius 1 is 1.13 bits per heavy atom. The first-order valence-electron chi connectivity index (χ1n) is 16.0. The normalized spacial score (nSPS) is 20.5. The van der Waals surface area contributed by atoms with Gasteiger partial charge in [-0.05, 0) is 65.9 Å². The number of fused-ring (bicyclic) bond motifs is 1. The molecule has 2 atom stereocenters. The summed E-state index contributed by atoms with van der Waals surface area (Å²) in [5, 5.41) is 8.53. The maximum atomic E-state index is 15.3. The van der Waals surface area contributed by atoms with E-state index in [0.717, 1.165) is 37.7 Å². The SMILES string of the molecule is CN1CCC(n2cc(Nc3nc(O[C@H]4CN(C(=O)OC(C)(C)C)CC[C@H]4F)c4ccn(COCC[Si](C)(C)C)c4n3)cn2)CC1. The second-order valence-corrected chi connectivity index (χ2v) is 20.1. The summed E-state index contributed by atoms with van der Waals surface area (Å²) in [6, 6.07) is 3.25. The molecule has 0 bridgehead atoms. The first-order chi connectivity index (χ1) is 21.2. The van der Waals surface area contributed by atoms with Gasteiger partial charge in [0.05, 0.1) is 29.9 Å². The summed E-state index contributed by atoms with van der Waals surface area (Å²) in [7, 11) is 0.899. The molecule has 1 amide bonds. The highest BCUT2D eigenvalue weighted by Gasteiger charge is 2.36. The molecule has 2 saturated heterocycles. The van der Waals surface area contributed by atoms with Crippen LogP contribution in [0.3, 0.4) is 0 Å². The summed E-state index contributed by atoms with van der Waals surface area (Å²) >= 11 is 0. The predicted molar refractivity (Wildman–Crippen MR) is 175 cm³/mol. The van der Waals surface area contributed by atoms with Gasteiger partial charge in [-0.2, -0.15) is 15.1 Å². The zero-order chi connectivity index (χ0) is 32.4. The van der Waals surface area contributed by atoms with Gasteiger partial charge in [0.1, 0.15) is 24.6 Å². The molecule has 3 aromatic heterocycles. The van der Waals surface area contributed by atoms with Gasteiger partial charge in [-0.15, -0.1) is 0 Å². The molecule has 2 aliphatic heterocycles. The molecular formula is C31H49FN8O4Si. The number of likely N-dealkylation sites (tertiary alicyclic amines) is 2. The van der Waals surface area contributed by atoms with Crippen molar-refractivity contribution >= 4 is 36.8 Å². The number of hydrogen-bond acceptors (Lipinski definition) is 9. The van der Waals surface area contributed by atoms with Crippen molar-refractivity contribution in [2.24, 2.45) is 0 Å². The highest BCUT2D eigenvalue weighted by Crippen LogP contribution is 2.30. The smallest absolute Gasteiger partial charge is 0.410 e. The number of halogens is 1. The fraction of sp³-hybridized carbons (Fsp3) is 0.677. The summed E-state index contributed by atoms with van der Waals surface area (Å²) in [5.41, 5.74) is 0.704. The highest BCUT2D eigenvalue weighted by molar-refractivity contribution is 6.76. The molecular weight excluding hydrogens is 595 g/mol. The van der Waals surface area contributed by atoms with Gasteiger partial charge < -0.3 is 33.9 Å². The Hall–Kier alpha value is -3.23. The summed E-state index contributed by atoms with van der Waals surface area (Å²) < 4.78 is 37.0. The molecule has 45 heavy (non-hydrogen) atoms. The first kappa shape index (κ1) is 33.1. The molecule has 248 valence electrons. The molecule has 5 heterocycles. The molecule has 14 heteroatoms. The maximum absolute atomic E-state index is 15.3. The molecule has 0 aromatic carbocycles. The van der Waals surface area contributed by atoms with Gasteiger partial charge in [0.2, 0.25) is 11.8 Å². The maximum Gasteiger partial charge on any atom is 0.410 e. The lowest BCUT2D eigenvalue weighted by Crippen LogP contribution is -2.51. The van der Waals surface area contributed by atoms with E-state index in [-0.39, 0.29) is 25.4 Å². The minimum Gasteiger partial charge on any atom is -0.469 e. The van der Waals surface area contributed by atoms with E-state index < -0.39 is 32.0 Å². The monoisotopic (exact) mass is 644 g/mol. The third-order valence-corrected chi connectivity index (χ3v) is 9.83. The Morgan fingerprint density at radius 3 is 2.60 bits per heavy atom. The van der Waals surface area contributed by atoms with Crippen molar-refractivity contribution in [1.82, 2.24) is 34.1 Å². The summed E-state index contributed by atoms with van der Waals surface area (Å²) in [5.74, 6) is 0.544. The van der Waals surface area contributed by atoms with Crippen LogP contribution in [0.15, 0.2) is 24.7 Å². The zero-order valence-electron chi connectivity index (χ0n) is 27.8. The molecule has 0 aliphatic carbocycles. The van der Waals surface area contributed by atoms with Crippen LogP contribution < -0.4 is 10.1 Å². The van der Waals surface area contributed by atoms with Gasteiger partial charge in [-0.1, -0.05) is 19.6 Å². The van der Waals surface area contributed by atoms with Crippen LogP contribution in [-0.4, -0.2) is 106 Å². The van der Waals surface area contributed by atoms with Crippen LogP contribution in [0.5, 0.6) is 5.88 Å². The second kappa shape index (κ2) is 13.6. The van der Waals surface area contributed by atoms with E-state index in [9.17, 15) is 4.79 Å². The van der Waals surface area contributed by atoms with E-state index in [2.05, 4.69) is 47.0 Å². The molecule has 5 rings (SSSR count). The lowest BCUT2D eigenvalue weighted by molar-refractivity contribution is -0.0129. The molecule has 0 spiro atoms. The van der Waals surface area contributed by atoms with Crippen LogP contribution in [0, 0.1) is 0 Å². The second-order valence-electron chi connectivity index (χ2n) is 14.5. The Morgan fingerprint density at radius 2 is 1.89 bits per heavy atom. The number of carbonyl (C=O) groups is 1. The average Bonchev–Trinajstić information content (AvgIpc) is 3.58. The first-order valence-corrected chi connectivity index (χ1v) is 19.7. The van der Waals surface area contributed by atoms with Gasteiger partial charge in [0, 0.05) is 40.0 Å². The lowest BCUT2D eigenvalue weighted by Gasteiger charge is -2.35. The number of anilines is 2. The van der Waals surface area contributed by atoms with Crippen LogP contribution >= 0.6 is 0 Å². The van der Waals surface area contributed by atoms with E-state index in [1.54, 1.807) is 6.20 Å². The van der Waals surface area contributed by atoms with Crippen LogP contribution in [0.1, 0.15) is 46.1 Å². The molecule has 0 radical (unpaired) electrons. The number of alkyl halides is 1. The minimum atomic E-state index is -1.27. The fourth-order valence-corrected chi connectivity index (χ4v) is 6.21. The molecule has 0 unspecified atom stereocenters. The van der Waals surface area contributed by atoms with Crippen LogP contribution in [0.4, 0.5) is 20.8 Å². The molecule has 12 nitrogen and oxygen atoms in total. The van der Waals surface area contributed by atoms with Gasteiger partial charge in [0.25, 0.3) is 0 Å². The predicted octanol–water partition coefficient (Wildman–Crippen LogP) is 5.68. The van der Waals surface area contributed by atoms with Crippen molar-refractivity contribution in [2.45, 2.75) is 96.4 Å². The topological polar surface area (TPSA) is 112 Å². The molecule has 0 saturated carbocycles. The number of carbonyl (C=O) groups excluding carboxylic acids is 1. The number of rotatable bonds is 10. The number of nitrogens with zero attached hydrogens (tertiary/aromatic N) is 7. The molecule has 2 fully saturated rings. The molecule has 2 aliphatic rings. The number of hydrogen-bond donors (Lipinski definition) is 1. The quantitative estimate of drug-likeness (QED) is 0.220. The number of ether oxygens (including phenoxy) is 3. The van der Waals surface area contributed by atoms with Gasteiger partial charge in [-0.3, -0.25) is 4.68 Å². The van der Waals surface area contributed by atoms with Crippen molar-refractivity contribution in [2.75, 3.05) is 45.2 Å². The zero-order valence-corrected chi connectivity index (χ0v) is 28.8. The van der Waals surface area contributed by atoms with Crippen molar-refractivity contribution in [3.8, 4) is 5.88 Å². The Balaban J connectivity index is 1.38. The van der Waals surface area contributed by atoms with Gasteiger partial charge in [0.15, 0.2) is 5.65 Å². The van der Waals surface area contributed by atoms with Crippen LogP contribution in [-0.2, 0) is 16.2 Å². The lowest BCUT2D eigenvalue weighted by atomic mass is 10.1. The van der Waals surface area contributed by atoms with Crippen molar-refractivity contribution in [3.05, 3.63) is 24.7 Å². The molecule has 1 N–H and O–H groups in total. The van der Waals surface area contributed by atoms with Gasteiger partial charge >= 0.3 is 6.09 Å².